The molecule has 0 aromatic heterocycles. The van der Waals surface area contributed by atoms with Crippen molar-refractivity contribution in [1.82, 2.24) is 0 Å². The van der Waals surface area contributed by atoms with Gasteiger partial charge < -0.3 is 0 Å². The van der Waals surface area contributed by atoms with Crippen LogP contribution in [0.15, 0.2) is 46.4 Å². The zero-order chi connectivity index (χ0) is 21.1. The van der Waals surface area contributed by atoms with E-state index in [0.717, 1.165) is 55.6 Å². The van der Waals surface area contributed by atoms with Gasteiger partial charge in [0.05, 0.1) is 17.1 Å². The van der Waals surface area contributed by atoms with E-state index in [4.69, 9.17) is 9.98 Å². The minimum absolute atomic E-state index is 0. The summed E-state index contributed by atoms with van der Waals surface area (Å²) in [7, 11) is 0. The second-order valence-electron chi connectivity index (χ2n) is 7.64. The van der Waals surface area contributed by atoms with Gasteiger partial charge in [-0.1, -0.05) is 59.6 Å². The number of nitrogens with zero attached hydrogens (tertiary/aromatic N) is 2. The van der Waals surface area contributed by atoms with Crippen LogP contribution >= 0.6 is 0 Å². The van der Waals surface area contributed by atoms with Crippen molar-refractivity contribution < 1.29 is 16.5 Å². The third-order valence-electron chi connectivity index (χ3n) is 5.58. The molecule has 0 spiro atoms. The van der Waals surface area contributed by atoms with Crippen molar-refractivity contribution in [3.63, 3.8) is 0 Å². The van der Waals surface area contributed by atoms with Crippen LogP contribution < -0.4 is 0 Å². The number of hydrogen-bond donors (Lipinski definition) is 0. The molecule has 0 aliphatic carbocycles. The first-order chi connectivity index (χ1) is 14.1. The van der Waals surface area contributed by atoms with Gasteiger partial charge in [-0.05, 0) is 85.0 Å². The summed E-state index contributed by atoms with van der Waals surface area (Å²) in [4.78, 5) is 9.76. The fourth-order valence-corrected chi connectivity index (χ4v) is 3.74. The summed E-state index contributed by atoms with van der Waals surface area (Å²) in [6.07, 6.45) is 10.8. The predicted octanol–water partition coefficient (Wildman–Crippen LogP) is 7.99. The molecule has 2 nitrogen and oxygen atoms in total. The van der Waals surface area contributed by atoms with Gasteiger partial charge in [-0.2, -0.15) is 0 Å². The quantitative estimate of drug-likeness (QED) is 0.189. The van der Waals surface area contributed by atoms with Gasteiger partial charge in [-0.3, -0.25) is 9.98 Å². The maximum atomic E-state index is 4.97. The van der Waals surface area contributed by atoms with E-state index in [2.05, 4.69) is 71.0 Å². The molecule has 30 heavy (non-hydrogen) atoms. The van der Waals surface area contributed by atoms with Crippen LogP contribution in [0.3, 0.4) is 0 Å². The Morgan fingerprint density at radius 3 is 1.77 bits per heavy atom. The van der Waals surface area contributed by atoms with Crippen molar-refractivity contribution in [3.05, 3.63) is 58.7 Å². The van der Waals surface area contributed by atoms with E-state index in [9.17, 15) is 0 Å². The van der Waals surface area contributed by atoms with Gasteiger partial charge >= 0.3 is 0 Å². The van der Waals surface area contributed by atoms with Crippen molar-refractivity contribution in [2.75, 3.05) is 0 Å². The molecule has 0 aliphatic heterocycles. The molecule has 0 amide bonds. The van der Waals surface area contributed by atoms with E-state index in [-0.39, 0.29) is 16.5 Å². The van der Waals surface area contributed by atoms with Gasteiger partial charge in [0.1, 0.15) is 0 Å². The maximum absolute atomic E-state index is 4.97. The zero-order valence-electron chi connectivity index (χ0n) is 19.4. The average molecular weight is 449 g/mol. The SMILES string of the molecule is CCCCCC(/C=N/c1ccc(CC)c(CC)c1)=N\c1ccc(CC)c(CC)c1.[Ni]. The number of aliphatic imine (C=N–C) groups is 2. The minimum atomic E-state index is 0. The van der Waals surface area contributed by atoms with Gasteiger partial charge in [0.2, 0.25) is 0 Å². The Balaban J connectivity index is 0.00000450. The molecule has 166 valence electrons. The molecule has 2 rings (SSSR count). The van der Waals surface area contributed by atoms with Crippen LogP contribution in [0.2, 0.25) is 0 Å². The standard InChI is InChI=1S/C27H38N2.Ni/c1-6-11-12-13-27(29-26-17-15-22(8-3)24(10-5)19-26)20-28-25-16-14-21(7-2)23(9-4)18-25;/h14-20H,6-13H2,1-5H3;/b28-20+,29-27+;. The summed E-state index contributed by atoms with van der Waals surface area (Å²) in [6, 6.07) is 13.2. The number of benzene rings is 2. The number of aryl methyl sites for hydroxylation is 4. The van der Waals surface area contributed by atoms with Gasteiger partial charge in [0, 0.05) is 22.7 Å². The molecule has 0 aliphatic rings. The van der Waals surface area contributed by atoms with Crippen molar-refractivity contribution in [1.29, 1.82) is 0 Å². The fourth-order valence-electron chi connectivity index (χ4n) is 3.74. The molecule has 0 atom stereocenters. The summed E-state index contributed by atoms with van der Waals surface area (Å²) >= 11 is 0. The van der Waals surface area contributed by atoms with Crippen LogP contribution in [0, 0.1) is 0 Å². The maximum Gasteiger partial charge on any atom is 0.0636 e. The van der Waals surface area contributed by atoms with Crippen molar-refractivity contribution in [3.8, 4) is 0 Å². The van der Waals surface area contributed by atoms with Gasteiger partial charge in [0.15, 0.2) is 0 Å². The number of hydrogen-bond acceptors (Lipinski definition) is 2. The normalized spacial score (nSPS) is 11.7. The first kappa shape index (κ1) is 26.3. The molecular weight excluding hydrogens is 411 g/mol. The average Bonchev–Trinajstić information content (AvgIpc) is 2.76. The van der Waals surface area contributed by atoms with E-state index in [1.165, 1.54) is 35.1 Å². The molecular formula is C27H38N2Ni. The van der Waals surface area contributed by atoms with Crippen LogP contribution in [0.25, 0.3) is 0 Å². The largest absolute Gasteiger partial charge is 0.255 e. The van der Waals surface area contributed by atoms with Crippen molar-refractivity contribution in [2.45, 2.75) is 86.0 Å². The molecule has 0 unspecified atom stereocenters. The monoisotopic (exact) mass is 448 g/mol. The Bertz CT molecular complexity index is 837. The Morgan fingerprint density at radius 1 is 0.700 bits per heavy atom. The summed E-state index contributed by atoms with van der Waals surface area (Å²) in [6.45, 7) is 11.1. The van der Waals surface area contributed by atoms with E-state index < -0.39 is 0 Å². The summed E-state index contributed by atoms with van der Waals surface area (Å²) in [5, 5.41) is 0. The Hall–Kier alpha value is -1.73. The second kappa shape index (κ2) is 14.3. The summed E-state index contributed by atoms with van der Waals surface area (Å²) in [5.74, 6) is 0. The molecule has 0 heterocycles. The summed E-state index contributed by atoms with van der Waals surface area (Å²) in [5.41, 5.74) is 8.80. The smallest absolute Gasteiger partial charge is 0.0636 e. The van der Waals surface area contributed by atoms with E-state index in [0.29, 0.717) is 0 Å². The first-order valence-electron chi connectivity index (χ1n) is 11.5. The van der Waals surface area contributed by atoms with Crippen molar-refractivity contribution >= 4 is 23.3 Å². The molecule has 2 aromatic rings. The van der Waals surface area contributed by atoms with Gasteiger partial charge in [0.25, 0.3) is 0 Å². The van der Waals surface area contributed by atoms with Crippen LogP contribution in [0.5, 0.6) is 0 Å². The Labute approximate surface area is 194 Å². The molecule has 3 heteroatoms. The molecule has 2 aromatic carbocycles. The molecule has 0 fully saturated rings. The minimum Gasteiger partial charge on any atom is -0.255 e. The Kier molecular flexibility index (Phi) is 12.5. The second-order valence-corrected chi connectivity index (χ2v) is 7.64. The molecule has 0 N–H and O–H groups in total. The molecule has 0 bridgehead atoms. The molecule has 0 radical (unpaired) electrons. The van der Waals surface area contributed by atoms with Crippen LogP contribution in [0.4, 0.5) is 11.4 Å². The molecule has 0 saturated carbocycles. The van der Waals surface area contributed by atoms with E-state index >= 15 is 0 Å². The van der Waals surface area contributed by atoms with Crippen molar-refractivity contribution in [2.24, 2.45) is 9.98 Å². The fraction of sp³-hybridized carbons (Fsp3) is 0.481. The summed E-state index contributed by atoms with van der Waals surface area (Å²) < 4.78 is 0. The number of unbranched alkanes of at least 4 members (excludes halogenated alkanes) is 2. The third kappa shape index (κ3) is 7.84. The third-order valence-corrected chi connectivity index (χ3v) is 5.58. The topological polar surface area (TPSA) is 24.7 Å². The van der Waals surface area contributed by atoms with Gasteiger partial charge in [-0.25, -0.2) is 0 Å². The zero-order valence-corrected chi connectivity index (χ0v) is 20.4. The molecule has 0 saturated heterocycles. The number of rotatable bonds is 11. The van der Waals surface area contributed by atoms with Gasteiger partial charge in [-0.15, -0.1) is 0 Å². The van der Waals surface area contributed by atoms with E-state index in [1.807, 2.05) is 6.21 Å². The van der Waals surface area contributed by atoms with Crippen LogP contribution in [-0.2, 0) is 42.2 Å². The predicted molar refractivity (Wildman–Crippen MR) is 130 cm³/mol. The van der Waals surface area contributed by atoms with E-state index in [1.54, 1.807) is 0 Å². The van der Waals surface area contributed by atoms with Crippen LogP contribution in [-0.4, -0.2) is 11.9 Å². The van der Waals surface area contributed by atoms with Crippen LogP contribution in [0.1, 0.15) is 82.6 Å². The first-order valence-corrected chi connectivity index (χ1v) is 11.5. The Morgan fingerprint density at radius 2 is 1.23 bits per heavy atom.